The van der Waals surface area contributed by atoms with Crippen LogP contribution in [-0.4, -0.2) is 19.1 Å². The molecule has 0 unspecified atom stereocenters. The maximum atomic E-state index is 4.57. The maximum absolute atomic E-state index is 4.57. The van der Waals surface area contributed by atoms with Gasteiger partial charge >= 0.3 is 0 Å². The fraction of sp³-hybridized carbons (Fsp3) is 0.421. The molecular formula is C19H26N2. The zero-order valence-electron chi connectivity index (χ0n) is 14.1. The second-order valence-electron chi connectivity index (χ2n) is 6.11. The van der Waals surface area contributed by atoms with Gasteiger partial charge in [0.25, 0.3) is 0 Å². The average Bonchev–Trinajstić information content (AvgIpc) is 2.37. The van der Waals surface area contributed by atoms with E-state index in [0.717, 1.165) is 18.5 Å². The Morgan fingerprint density at radius 3 is 2.10 bits per heavy atom. The lowest BCUT2D eigenvalue weighted by atomic mass is 9.94. The molecule has 0 amide bonds. The monoisotopic (exact) mass is 282 g/mol. The van der Waals surface area contributed by atoms with Gasteiger partial charge in [0.1, 0.15) is 0 Å². The van der Waals surface area contributed by atoms with Crippen LogP contribution in [0.15, 0.2) is 24.4 Å². The summed E-state index contributed by atoms with van der Waals surface area (Å²) < 4.78 is 0. The van der Waals surface area contributed by atoms with E-state index >= 15 is 0 Å². The van der Waals surface area contributed by atoms with Gasteiger partial charge in [-0.1, -0.05) is 36.2 Å². The Morgan fingerprint density at radius 1 is 0.952 bits per heavy atom. The lowest BCUT2D eigenvalue weighted by molar-refractivity contribution is 0.965. The first-order chi connectivity index (χ1) is 9.92. The van der Waals surface area contributed by atoms with Gasteiger partial charge in [-0.15, -0.1) is 0 Å². The number of hydrogen-bond donors (Lipinski definition) is 0. The van der Waals surface area contributed by atoms with Gasteiger partial charge in [0.2, 0.25) is 0 Å². The van der Waals surface area contributed by atoms with Crippen LogP contribution in [0.25, 0.3) is 0 Å². The minimum atomic E-state index is 0.975. The molecule has 0 fully saturated rings. The summed E-state index contributed by atoms with van der Waals surface area (Å²) in [4.78, 5) is 6.74. The Kier molecular flexibility index (Phi) is 4.66. The fourth-order valence-electron chi connectivity index (χ4n) is 3.11. The van der Waals surface area contributed by atoms with Crippen molar-refractivity contribution in [2.45, 2.75) is 40.5 Å². The molecule has 0 atom stereocenters. The molecule has 2 nitrogen and oxygen atoms in total. The van der Waals surface area contributed by atoms with Gasteiger partial charge in [-0.05, 0) is 50.3 Å². The van der Waals surface area contributed by atoms with Gasteiger partial charge in [-0.25, -0.2) is 0 Å². The summed E-state index contributed by atoms with van der Waals surface area (Å²) in [5.74, 6) is 0. The molecule has 1 aromatic carbocycles. The van der Waals surface area contributed by atoms with Crippen LogP contribution >= 0.6 is 0 Å². The minimum absolute atomic E-state index is 0.975. The van der Waals surface area contributed by atoms with Gasteiger partial charge < -0.3 is 4.90 Å². The van der Waals surface area contributed by atoms with E-state index in [-0.39, 0.29) is 0 Å². The molecule has 112 valence electrons. The molecular weight excluding hydrogens is 256 g/mol. The van der Waals surface area contributed by atoms with Crippen molar-refractivity contribution in [1.29, 1.82) is 0 Å². The van der Waals surface area contributed by atoms with Gasteiger partial charge in [0.15, 0.2) is 0 Å². The highest BCUT2D eigenvalue weighted by atomic mass is 15.1. The summed E-state index contributed by atoms with van der Waals surface area (Å²) in [6, 6.07) is 6.82. The number of aromatic nitrogens is 1. The van der Waals surface area contributed by atoms with Gasteiger partial charge in [-0.2, -0.15) is 0 Å². The Balaban J connectivity index is 2.53. The van der Waals surface area contributed by atoms with E-state index in [9.17, 15) is 0 Å². The summed E-state index contributed by atoms with van der Waals surface area (Å²) in [6.07, 6.45) is 4.01. The summed E-state index contributed by atoms with van der Waals surface area (Å²) in [5.41, 5.74) is 9.25. The highest BCUT2D eigenvalue weighted by molar-refractivity contribution is 5.57. The number of aryl methyl sites for hydroxylation is 3. The van der Waals surface area contributed by atoms with Crippen molar-refractivity contribution < 1.29 is 0 Å². The van der Waals surface area contributed by atoms with Gasteiger partial charge in [-0.3, -0.25) is 4.98 Å². The zero-order chi connectivity index (χ0) is 15.6. The molecule has 0 saturated heterocycles. The number of anilines is 1. The molecule has 0 spiro atoms. The topological polar surface area (TPSA) is 16.1 Å². The smallest absolute Gasteiger partial charge is 0.0586 e. The maximum Gasteiger partial charge on any atom is 0.0586 e. The largest absolute Gasteiger partial charge is 0.376 e. The van der Waals surface area contributed by atoms with Crippen LogP contribution in [0.3, 0.4) is 0 Å². The highest BCUT2D eigenvalue weighted by Gasteiger charge is 2.13. The van der Waals surface area contributed by atoms with Gasteiger partial charge in [0, 0.05) is 19.8 Å². The molecule has 2 aromatic rings. The van der Waals surface area contributed by atoms with Crippen LogP contribution in [0.5, 0.6) is 0 Å². The van der Waals surface area contributed by atoms with Crippen LogP contribution in [-0.2, 0) is 12.8 Å². The minimum Gasteiger partial charge on any atom is -0.376 e. The second kappa shape index (κ2) is 6.30. The first-order valence-electron chi connectivity index (χ1n) is 7.64. The molecule has 0 aliphatic heterocycles. The summed E-state index contributed by atoms with van der Waals surface area (Å²) >= 11 is 0. The zero-order valence-corrected chi connectivity index (χ0v) is 14.1. The van der Waals surface area contributed by atoms with E-state index in [0.29, 0.717) is 0 Å². The van der Waals surface area contributed by atoms with Crippen LogP contribution in [0.2, 0.25) is 0 Å². The number of nitrogens with zero attached hydrogens (tertiary/aromatic N) is 2. The lowest BCUT2D eigenvalue weighted by Gasteiger charge is -2.21. The third-order valence-corrected chi connectivity index (χ3v) is 3.99. The SMILES string of the molecule is CCc1c(C)ncc(N(C)C)c1Cc1cc(C)cc(C)c1. The lowest BCUT2D eigenvalue weighted by Crippen LogP contribution is -2.14. The molecule has 0 aliphatic carbocycles. The number of rotatable bonds is 4. The van der Waals surface area contributed by atoms with Crippen molar-refractivity contribution in [2.75, 3.05) is 19.0 Å². The third kappa shape index (κ3) is 3.44. The van der Waals surface area contributed by atoms with Crippen LogP contribution in [0.4, 0.5) is 5.69 Å². The number of benzene rings is 1. The van der Waals surface area contributed by atoms with Crippen LogP contribution < -0.4 is 4.90 Å². The third-order valence-electron chi connectivity index (χ3n) is 3.99. The molecule has 0 N–H and O–H groups in total. The molecule has 0 radical (unpaired) electrons. The molecule has 1 heterocycles. The van der Waals surface area contributed by atoms with Crippen molar-refractivity contribution in [2.24, 2.45) is 0 Å². The number of pyridine rings is 1. The van der Waals surface area contributed by atoms with Gasteiger partial charge in [0.05, 0.1) is 11.9 Å². The fourth-order valence-corrected chi connectivity index (χ4v) is 3.11. The molecule has 0 aliphatic rings. The molecule has 0 bridgehead atoms. The summed E-state index contributed by atoms with van der Waals surface area (Å²) in [6.45, 7) is 8.67. The van der Waals surface area contributed by atoms with Crippen molar-refractivity contribution in [3.05, 3.63) is 57.9 Å². The van der Waals surface area contributed by atoms with Crippen LogP contribution in [0.1, 0.15) is 40.4 Å². The van der Waals surface area contributed by atoms with Crippen molar-refractivity contribution in [3.63, 3.8) is 0 Å². The Hall–Kier alpha value is -1.83. The van der Waals surface area contributed by atoms with Crippen molar-refractivity contribution in [3.8, 4) is 0 Å². The van der Waals surface area contributed by atoms with E-state index in [1.54, 1.807) is 0 Å². The van der Waals surface area contributed by atoms with E-state index in [4.69, 9.17) is 0 Å². The Bertz CT molecular complexity index is 622. The standard InChI is InChI=1S/C19H26N2/c1-7-17-15(4)20-12-19(21(5)6)18(17)11-16-9-13(2)8-14(3)10-16/h8-10,12H,7,11H2,1-6H3. The molecule has 2 rings (SSSR count). The molecule has 2 heteroatoms. The molecule has 1 aromatic heterocycles. The molecule has 0 saturated carbocycles. The highest BCUT2D eigenvalue weighted by Crippen LogP contribution is 2.27. The van der Waals surface area contributed by atoms with Crippen molar-refractivity contribution in [1.82, 2.24) is 4.98 Å². The summed E-state index contributed by atoms with van der Waals surface area (Å²) in [7, 11) is 4.19. The quantitative estimate of drug-likeness (QED) is 0.834. The average molecular weight is 282 g/mol. The second-order valence-corrected chi connectivity index (χ2v) is 6.11. The normalized spacial score (nSPS) is 10.8. The number of hydrogen-bond acceptors (Lipinski definition) is 2. The first-order valence-corrected chi connectivity index (χ1v) is 7.64. The summed E-state index contributed by atoms with van der Waals surface area (Å²) in [5, 5.41) is 0. The first kappa shape index (κ1) is 15.6. The Morgan fingerprint density at radius 2 is 1.57 bits per heavy atom. The Labute approximate surface area is 128 Å². The van der Waals surface area contributed by atoms with Crippen molar-refractivity contribution >= 4 is 5.69 Å². The predicted molar refractivity (Wildman–Crippen MR) is 91.4 cm³/mol. The van der Waals surface area contributed by atoms with E-state index < -0.39 is 0 Å². The predicted octanol–water partition coefficient (Wildman–Crippen LogP) is 4.23. The van der Waals surface area contributed by atoms with E-state index in [1.807, 2.05) is 6.20 Å². The molecule has 21 heavy (non-hydrogen) atoms. The van der Waals surface area contributed by atoms with E-state index in [2.05, 4.69) is 69.9 Å². The van der Waals surface area contributed by atoms with E-state index in [1.165, 1.54) is 33.5 Å². The van der Waals surface area contributed by atoms with Crippen LogP contribution in [0, 0.1) is 20.8 Å².